The molecule has 0 amide bonds. The number of hydrogen-bond donors (Lipinski definition) is 1. The number of carbonyl (C=O) groups is 1. The maximum absolute atomic E-state index is 11.6. The second-order valence-electron chi connectivity index (χ2n) is 3.48. The fourth-order valence-electron chi connectivity index (χ4n) is 1.97. The maximum atomic E-state index is 11.6. The zero-order valence-corrected chi connectivity index (χ0v) is 8.89. The average Bonchev–Trinajstić information content (AvgIpc) is 2.74. The van der Waals surface area contributed by atoms with Crippen LogP contribution in [0.4, 0.5) is 0 Å². The third-order valence-electron chi connectivity index (χ3n) is 2.66. The summed E-state index contributed by atoms with van der Waals surface area (Å²) < 4.78 is 0.890. The fourth-order valence-corrected chi connectivity index (χ4v) is 2.77. The van der Waals surface area contributed by atoms with Gasteiger partial charge < -0.3 is 0 Å². The van der Waals surface area contributed by atoms with Crippen molar-refractivity contribution in [2.75, 3.05) is 0 Å². The molecular weight excluding hydrogens is 244 g/mol. The van der Waals surface area contributed by atoms with Gasteiger partial charge in [-0.3, -0.25) is 9.89 Å². The number of carbonyl (C=O) groups excluding carboxylic acids is 1. The molecule has 0 radical (unpaired) electrons. The fraction of sp³-hybridized carbons (Fsp3) is 0.200. The summed E-state index contributed by atoms with van der Waals surface area (Å²) in [5.74, 6) is 0.231. The lowest BCUT2D eigenvalue weighted by Gasteiger charge is -2.01. The normalized spacial score (nSPS) is 15.1. The molecule has 0 unspecified atom stereocenters. The number of nitrogens with one attached hydrogen (secondary N) is 1. The van der Waals surface area contributed by atoms with Gasteiger partial charge in [0.15, 0.2) is 5.78 Å². The zero-order chi connectivity index (χ0) is 9.71. The van der Waals surface area contributed by atoms with Crippen LogP contribution < -0.4 is 0 Å². The van der Waals surface area contributed by atoms with Gasteiger partial charge in [-0.1, -0.05) is 0 Å². The van der Waals surface area contributed by atoms with E-state index in [9.17, 15) is 4.79 Å². The summed E-state index contributed by atoms with van der Waals surface area (Å²) in [6, 6.07) is 2.02. The van der Waals surface area contributed by atoms with Crippen molar-refractivity contribution in [2.45, 2.75) is 12.8 Å². The van der Waals surface area contributed by atoms with Gasteiger partial charge in [0.25, 0.3) is 0 Å². The lowest BCUT2D eigenvalue weighted by molar-refractivity contribution is 0.0994. The van der Waals surface area contributed by atoms with Crippen LogP contribution in [0.5, 0.6) is 0 Å². The third kappa shape index (κ3) is 0.917. The zero-order valence-electron chi connectivity index (χ0n) is 7.30. The smallest absolute Gasteiger partial charge is 0.164 e. The summed E-state index contributed by atoms with van der Waals surface area (Å²) in [4.78, 5) is 11.6. The monoisotopic (exact) mass is 250 g/mol. The van der Waals surface area contributed by atoms with E-state index in [0.717, 1.165) is 32.9 Å². The minimum absolute atomic E-state index is 0.231. The number of hydrogen-bond acceptors (Lipinski definition) is 2. The summed E-state index contributed by atoms with van der Waals surface area (Å²) in [6.07, 6.45) is 3.22. The molecule has 1 aliphatic carbocycles. The SMILES string of the molecule is O=C1CCc2cc3[nH]ncc3c(Br)c21. The number of halogens is 1. The molecule has 0 spiro atoms. The summed E-state index contributed by atoms with van der Waals surface area (Å²) in [5.41, 5.74) is 2.96. The Morgan fingerprint density at radius 2 is 2.29 bits per heavy atom. The van der Waals surface area contributed by atoms with Crippen LogP contribution in [0.3, 0.4) is 0 Å². The van der Waals surface area contributed by atoms with Gasteiger partial charge in [-0.15, -0.1) is 0 Å². The minimum atomic E-state index is 0.231. The molecule has 0 aliphatic heterocycles. The molecule has 0 saturated heterocycles. The van der Waals surface area contributed by atoms with E-state index in [0.29, 0.717) is 6.42 Å². The van der Waals surface area contributed by atoms with Gasteiger partial charge >= 0.3 is 0 Å². The van der Waals surface area contributed by atoms with Gasteiger partial charge in [0.05, 0.1) is 11.7 Å². The number of rotatable bonds is 0. The number of benzene rings is 1. The average molecular weight is 251 g/mol. The molecule has 70 valence electrons. The first kappa shape index (κ1) is 8.17. The Morgan fingerprint density at radius 3 is 3.14 bits per heavy atom. The van der Waals surface area contributed by atoms with Crippen LogP contribution >= 0.6 is 15.9 Å². The van der Waals surface area contributed by atoms with Gasteiger partial charge in [-0.25, -0.2) is 0 Å². The predicted molar refractivity (Wildman–Crippen MR) is 56.4 cm³/mol. The van der Waals surface area contributed by atoms with Crippen molar-refractivity contribution in [3.63, 3.8) is 0 Å². The Balaban J connectivity index is 2.47. The van der Waals surface area contributed by atoms with Crippen molar-refractivity contribution in [2.24, 2.45) is 0 Å². The molecule has 0 saturated carbocycles. The van der Waals surface area contributed by atoms with Crippen LogP contribution in [-0.2, 0) is 6.42 Å². The van der Waals surface area contributed by atoms with Gasteiger partial charge in [-0.2, -0.15) is 5.10 Å². The predicted octanol–water partition coefficient (Wildman–Crippen LogP) is 2.45. The van der Waals surface area contributed by atoms with E-state index in [1.54, 1.807) is 6.20 Å². The molecule has 3 rings (SSSR count). The van der Waals surface area contributed by atoms with Crippen molar-refractivity contribution in [1.29, 1.82) is 0 Å². The number of nitrogens with zero attached hydrogens (tertiary/aromatic N) is 1. The van der Waals surface area contributed by atoms with Gasteiger partial charge in [0.2, 0.25) is 0 Å². The van der Waals surface area contributed by atoms with Crippen LogP contribution in [0.15, 0.2) is 16.7 Å². The molecule has 1 N–H and O–H groups in total. The number of Topliss-reactive ketones (excluding diaryl/α,β-unsaturated/α-hetero) is 1. The first-order valence-electron chi connectivity index (χ1n) is 4.45. The molecule has 1 aromatic carbocycles. The Labute approximate surface area is 88.6 Å². The molecule has 1 heterocycles. The molecule has 3 nitrogen and oxygen atoms in total. The third-order valence-corrected chi connectivity index (χ3v) is 3.49. The first-order valence-corrected chi connectivity index (χ1v) is 5.24. The second kappa shape index (κ2) is 2.67. The highest BCUT2D eigenvalue weighted by atomic mass is 79.9. The van der Waals surface area contributed by atoms with E-state index in [-0.39, 0.29) is 5.78 Å². The highest BCUT2D eigenvalue weighted by Gasteiger charge is 2.24. The Bertz CT molecular complexity index is 544. The van der Waals surface area contributed by atoms with E-state index >= 15 is 0 Å². The van der Waals surface area contributed by atoms with Crippen LogP contribution in [0.2, 0.25) is 0 Å². The lowest BCUT2D eigenvalue weighted by atomic mass is 10.1. The molecule has 0 bridgehead atoms. The van der Waals surface area contributed by atoms with E-state index in [2.05, 4.69) is 26.1 Å². The van der Waals surface area contributed by atoms with Crippen molar-refractivity contribution >= 4 is 32.6 Å². The van der Waals surface area contributed by atoms with Crippen LogP contribution in [-0.4, -0.2) is 16.0 Å². The molecule has 1 aliphatic rings. The van der Waals surface area contributed by atoms with E-state index in [1.807, 2.05) is 6.07 Å². The first-order chi connectivity index (χ1) is 6.77. The molecule has 4 heteroatoms. The number of H-pyrrole nitrogens is 1. The van der Waals surface area contributed by atoms with Crippen molar-refractivity contribution < 1.29 is 4.79 Å². The molecule has 1 aromatic heterocycles. The molecule has 0 fully saturated rings. The largest absolute Gasteiger partial charge is 0.294 e. The summed E-state index contributed by atoms with van der Waals surface area (Å²) in [7, 11) is 0. The van der Waals surface area contributed by atoms with E-state index in [4.69, 9.17) is 0 Å². The number of ketones is 1. The number of fused-ring (bicyclic) bond motifs is 2. The van der Waals surface area contributed by atoms with Crippen LogP contribution in [0, 0.1) is 0 Å². The van der Waals surface area contributed by atoms with Gasteiger partial charge in [-0.05, 0) is 34.0 Å². The number of aromatic amines is 1. The maximum Gasteiger partial charge on any atom is 0.164 e. The minimum Gasteiger partial charge on any atom is -0.294 e. The van der Waals surface area contributed by atoms with Crippen molar-refractivity contribution in [3.8, 4) is 0 Å². The van der Waals surface area contributed by atoms with Gasteiger partial charge in [0.1, 0.15) is 0 Å². The van der Waals surface area contributed by atoms with Gasteiger partial charge in [0, 0.05) is 21.8 Å². The quantitative estimate of drug-likeness (QED) is 0.781. The lowest BCUT2D eigenvalue weighted by Crippen LogP contribution is -1.93. The Kier molecular flexibility index (Phi) is 1.56. The summed E-state index contributed by atoms with van der Waals surface area (Å²) >= 11 is 3.47. The van der Waals surface area contributed by atoms with Crippen molar-refractivity contribution in [3.05, 3.63) is 27.9 Å². The topological polar surface area (TPSA) is 45.8 Å². The summed E-state index contributed by atoms with van der Waals surface area (Å²) in [5, 5.41) is 7.86. The molecule has 2 aromatic rings. The second-order valence-corrected chi connectivity index (χ2v) is 4.27. The van der Waals surface area contributed by atoms with Crippen molar-refractivity contribution in [1.82, 2.24) is 10.2 Å². The molecule has 0 atom stereocenters. The highest BCUT2D eigenvalue weighted by molar-refractivity contribution is 9.10. The highest BCUT2D eigenvalue weighted by Crippen LogP contribution is 2.34. The van der Waals surface area contributed by atoms with E-state index < -0.39 is 0 Å². The Morgan fingerprint density at radius 1 is 1.43 bits per heavy atom. The standard InChI is InChI=1S/C10H7BrN2O/c11-10-6-4-12-13-7(6)3-5-1-2-8(14)9(5)10/h3-4H,1-2H2,(H,12,13). The Hall–Kier alpha value is -1.16. The molecular formula is C10H7BrN2O. The number of aromatic nitrogens is 2. The summed E-state index contributed by atoms with van der Waals surface area (Å²) in [6.45, 7) is 0. The van der Waals surface area contributed by atoms with Crippen LogP contribution in [0.25, 0.3) is 10.9 Å². The number of aryl methyl sites for hydroxylation is 1. The van der Waals surface area contributed by atoms with E-state index in [1.165, 1.54) is 0 Å². The molecule has 14 heavy (non-hydrogen) atoms. The van der Waals surface area contributed by atoms with Crippen LogP contribution in [0.1, 0.15) is 22.3 Å².